The maximum absolute atomic E-state index is 12.6. The number of nitrogens with zero attached hydrogens (tertiary/aromatic N) is 2. The largest absolute Gasteiger partial charge is 0.351 e. The Morgan fingerprint density at radius 3 is 2.59 bits per heavy atom. The van der Waals surface area contributed by atoms with E-state index in [0.29, 0.717) is 13.1 Å². The van der Waals surface area contributed by atoms with E-state index in [1.54, 1.807) is 6.20 Å². The molecule has 1 amide bonds. The van der Waals surface area contributed by atoms with Crippen LogP contribution in [0.3, 0.4) is 0 Å². The van der Waals surface area contributed by atoms with E-state index in [1.807, 2.05) is 47.3 Å². The van der Waals surface area contributed by atoms with Crippen molar-refractivity contribution >= 4 is 5.91 Å². The second-order valence-electron chi connectivity index (χ2n) is 6.95. The highest BCUT2D eigenvalue weighted by Crippen LogP contribution is 2.26. The first-order chi connectivity index (χ1) is 13.3. The topological polar surface area (TPSA) is 59.0 Å². The molecule has 0 radical (unpaired) electrons. The minimum Gasteiger partial charge on any atom is -0.351 e. The summed E-state index contributed by atoms with van der Waals surface area (Å²) in [5.41, 5.74) is 3.54. The van der Waals surface area contributed by atoms with Crippen molar-refractivity contribution in [2.24, 2.45) is 0 Å². The van der Waals surface area contributed by atoms with Gasteiger partial charge in [-0.25, -0.2) is 0 Å². The SMILES string of the molecule is O=C(NCc1ccccc1Cn1cccn1)[C@H]1CC[C@H](c2ccccc2)N1. The highest BCUT2D eigenvalue weighted by atomic mass is 16.2. The lowest BCUT2D eigenvalue weighted by molar-refractivity contribution is -0.123. The van der Waals surface area contributed by atoms with E-state index < -0.39 is 0 Å². The number of rotatable bonds is 6. The van der Waals surface area contributed by atoms with Gasteiger partial charge >= 0.3 is 0 Å². The Morgan fingerprint density at radius 1 is 1.04 bits per heavy atom. The summed E-state index contributed by atoms with van der Waals surface area (Å²) in [5, 5.41) is 10.8. The van der Waals surface area contributed by atoms with Crippen LogP contribution >= 0.6 is 0 Å². The fraction of sp³-hybridized carbons (Fsp3) is 0.273. The summed E-state index contributed by atoms with van der Waals surface area (Å²) in [7, 11) is 0. The number of carbonyl (C=O) groups is 1. The molecule has 138 valence electrons. The van der Waals surface area contributed by atoms with Gasteiger partial charge in [-0.3, -0.25) is 14.8 Å². The zero-order valence-electron chi connectivity index (χ0n) is 15.2. The molecular formula is C22H24N4O. The first-order valence-corrected chi connectivity index (χ1v) is 9.42. The molecule has 2 aromatic carbocycles. The first kappa shape index (κ1) is 17.5. The Morgan fingerprint density at radius 2 is 1.81 bits per heavy atom. The molecule has 5 nitrogen and oxygen atoms in total. The number of benzene rings is 2. The zero-order chi connectivity index (χ0) is 18.5. The summed E-state index contributed by atoms with van der Waals surface area (Å²) in [6, 6.07) is 20.6. The summed E-state index contributed by atoms with van der Waals surface area (Å²) < 4.78 is 1.89. The number of carbonyl (C=O) groups excluding carboxylic acids is 1. The molecule has 2 heterocycles. The van der Waals surface area contributed by atoms with Crippen LogP contribution < -0.4 is 10.6 Å². The molecule has 0 bridgehead atoms. The van der Waals surface area contributed by atoms with Crippen LogP contribution in [0.15, 0.2) is 73.1 Å². The minimum atomic E-state index is -0.131. The average molecular weight is 360 g/mol. The molecule has 2 atom stereocenters. The van der Waals surface area contributed by atoms with E-state index in [-0.39, 0.29) is 18.0 Å². The summed E-state index contributed by atoms with van der Waals surface area (Å²) >= 11 is 0. The lowest BCUT2D eigenvalue weighted by Crippen LogP contribution is -2.40. The molecule has 27 heavy (non-hydrogen) atoms. The van der Waals surface area contributed by atoms with Gasteiger partial charge in [0.1, 0.15) is 0 Å². The summed E-state index contributed by atoms with van der Waals surface area (Å²) in [5.74, 6) is 0.0716. The molecule has 1 aromatic heterocycles. The second-order valence-corrected chi connectivity index (χ2v) is 6.95. The Kier molecular flexibility index (Phi) is 5.30. The number of amides is 1. The van der Waals surface area contributed by atoms with Crippen LogP contribution in [0, 0.1) is 0 Å². The van der Waals surface area contributed by atoms with Crippen molar-refractivity contribution in [2.75, 3.05) is 0 Å². The van der Waals surface area contributed by atoms with Crippen LogP contribution in [0.1, 0.15) is 35.6 Å². The van der Waals surface area contributed by atoms with E-state index in [0.717, 1.165) is 18.4 Å². The van der Waals surface area contributed by atoms with Crippen molar-refractivity contribution in [1.82, 2.24) is 20.4 Å². The quantitative estimate of drug-likeness (QED) is 0.710. The third kappa shape index (κ3) is 4.26. The minimum absolute atomic E-state index is 0.0716. The van der Waals surface area contributed by atoms with E-state index in [4.69, 9.17) is 0 Å². The van der Waals surface area contributed by atoms with Crippen molar-refractivity contribution in [3.8, 4) is 0 Å². The Balaban J connectivity index is 1.35. The Labute approximate surface area is 159 Å². The Hall–Kier alpha value is -2.92. The van der Waals surface area contributed by atoms with Crippen LogP contribution in [0.5, 0.6) is 0 Å². The summed E-state index contributed by atoms with van der Waals surface area (Å²) in [6.07, 6.45) is 5.57. The van der Waals surface area contributed by atoms with Gasteiger partial charge in [0.2, 0.25) is 5.91 Å². The van der Waals surface area contributed by atoms with Gasteiger partial charge in [0, 0.05) is 25.0 Å². The van der Waals surface area contributed by atoms with Crippen LogP contribution in [0.2, 0.25) is 0 Å². The number of aromatic nitrogens is 2. The summed E-state index contributed by atoms with van der Waals surface area (Å²) in [6.45, 7) is 1.24. The molecule has 1 fully saturated rings. The maximum atomic E-state index is 12.6. The van der Waals surface area contributed by atoms with Crippen LogP contribution in [0.25, 0.3) is 0 Å². The molecular weight excluding hydrogens is 336 g/mol. The van der Waals surface area contributed by atoms with Gasteiger partial charge in [-0.15, -0.1) is 0 Å². The fourth-order valence-corrected chi connectivity index (χ4v) is 3.66. The molecule has 2 N–H and O–H groups in total. The van der Waals surface area contributed by atoms with Gasteiger partial charge in [-0.2, -0.15) is 5.10 Å². The van der Waals surface area contributed by atoms with Crippen LogP contribution in [-0.4, -0.2) is 21.7 Å². The molecule has 0 spiro atoms. The number of hydrogen-bond acceptors (Lipinski definition) is 3. The van der Waals surface area contributed by atoms with Crippen molar-refractivity contribution in [3.05, 3.63) is 89.7 Å². The molecule has 0 aliphatic carbocycles. The van der Waals surface area contributed by atoms with Crippen molar-refractivity contribution in [3.63, 3.8) is 0 Å². The smallest absolute Gasteiger partial charge is 0.237 e. The predicted molar refractivity (Wildman–Crippen MR) is 105 cm³/mol. The average Bonchev–Trinajstić information content (AvgIpc) is 3.40. The third-order valence-electron chi connectivity index (χ3n) is 5.13. The van der Waals surface area contributed by atoms with Gasteiger partial charge in [0.15, 0.2) is 0 Å². The van der Waals surface area contributed by atoms with E-state index in [2.05, 4.69) is 40.0 Å². The predicted octanol–water partition coefficient (Wildman–Crippen LogP) is 3.04. The standard InChI is InChI=1S/C22H24N4O/c27-22(21-12-11-20(25-21)17-7-2-1-3-8-17)23-15-18-9-4-5-10-19(18)16-26-14-6-13-24-26/h1-10,13-14,20-21,25H,11-12,15-16H2,(H,23,27)/t20-,21-/m1/s1. The van der Waals surface area contributed by atoms with E-state index in [9.17, 15) is 4.79 Å². The number of nitrogens with one attached hydrogen (secondary N) is 2. The van der Waals surface area contributed by atoms with Crippen molar-refractivity contribution in [2.45, 2.75) is 38.0 Å². The van der Waals surface area contributed by atoms with Gasteiger partial charge in [-0.1, -0.05) is 54.6 Å². The summed E-state index contributed by atoms with van der Waals surface area (Å²) in [4.78, 5) is 12.6. The molecule has 1 aliphatic rings. The van der Waals surface area contributed by atoms with Gasteiger partial charge in [-0.05, 0) is 35.6 Å². The Bertz CT molecular complexity index is 876. The van der Waals surface area contributed by atoms with E-state index in [1.165, 1.54) is 11.1 Å². The molecule has 1 aliphatic heterocycles. The maximum Gasteiger partial charge on any atom is 0.237 e. The molecule has 1 saturated heterocycles. The van der Waals surface area contributed by atoms with Gasteiger partial charge < -0.3 is 5.32 Å². The fourth-order valence-electron chi connectivity index (χ4n) is 3.66. The van der Waals surface area contributed by atoms with Gasteiger partial charge in [0.05, 0.1) is 12.6 Å². The highest BCUT2D eigenvalue weighted by molar-refractivity contribution is 5.82. The second kappa shape index (κ2) is 8.18. The molecule has 0 unspecified atom stereocenters. The first-order valence-electron chi connectivity index (χ1n) is 9.42. The third-order valence-corrected chi connectivity index (χ3v) is 5.13. The molecule has 3 aromatic rings. The van der Waals surface area contributed by atoms with Gasteiger partial charge in [0.25, 0.3) is 0 Å². The lowest BCUT2D eigenvalue weighted by Gasteiger charge is -2.16. The zero-order valence-corrected chi connectivity index (χ0v) is 15.2. The normalized spacial score (nSPS) is 19.1. The van der Waals surface area contributed by atoms with E-state index >= 15 is 0 Å². The molecule has 5 heteroatoms. The van der Waals surface area contributed by atoms with Crippen molar-refractivity contribution in [1.29, 1.82) is 0 Å². The van der Waals surface area contributed by atoms with Crippen LogP contribution in [-0.2, 0) is 17.9 Å². The monoisotopic (exact) mass is 360 g/mol. The molecule has 4 rings (SSSR count). The van der Waals surface area contributed by atoms with Crippen molar-refractivity contribution < 1.29 is 4.79 Å². The number of hydrogen-bond donors (Lipinski definition) is 2. The lowest BCUT2D eigenvalue weighted by atomic mass is 10.1. The molecule has 0 saturated carbocycles. The van der Waals surface area contributed by atoms with Crippen LogP contribution in [0.4, 0.5) is 0 Å². The highest BCUT2D eigenvalue weighted by Gasteiger charge is 2.29.